The van der Waals surface area contributed by atoms with Gasteiger partial charge in [-0.15, -0.1) is 0 Å². The fourth-order valence-corrected chi connectivity index (χ4v) is 4.14. The van der Waals surface area contributed by atoms with Crippen LogP contribution in [-0.4, -0.2) is 35.5 Å². The van der Waals surface area contributed by atoms with E-state index in [4.69, 9.17) is 4.74 Å². The highest BCUT2D eigenvalue weighted by Crippen LogP contribution is 2.28. The molecular formula is C24H28N2O2. The summed E-state index contributed by atoms with van der Waals surface area (Å²) < 4.78 is 5.66. The molecule has 0 unspecified atom stereocenters. The molecule has 1 aliphatic rings. The molecule has 4 nitrogen and oxygen atoms in total. The van der Waals surface area contributed by atoms with E-state index in [2.05, 4.69) is 36.2 Å². The van der Waals surface area contributed by atoms with Gasteiger partial charge in [0.2, 0.25) is 0 Å². The number of para-hydroxylation sites is 1. The lowest BCUT2D eigenvalue weighted by atomic mass is 9.89. The van der Waals surface area contributed by atoms with Crippen LogP contribution in [-0.2, 0) is 11.2 Å². The minimum atomic E-state index is 0.0855. The molecule has 0 bridgehead atoms. The molecule has 4 heteroatoms. The monoisotopic (exact) mass is 376 g/mol. The number of amides is 1. The topological polar surface area (TPSA) is 45.3 Å². The van der Waals surface area contributed by atoms with E-state index in [9.17, 15) is 4.79 Å². The van der Waals surface area contributed by atoms with E-state index < -0.39 is 0 Å². The number of aryl methyl sites for hydroxylation is 2. The summed E-state index contributed by atoms with van der Waals surface area (Å²) in [5.74, 6) is 1.46. The van der Waals surface area contributed by atoms with Crippen molar-refractivity contribution in [2.45, 2.75) is 33.1 Å². The summed E-state index contributed by atoms with van der Waals surface area (Å²) in [7, 11) is 0. The molecule has 0 atom stereocenters. The second kappa shape index (κ2) is 8.09. The Morgan fingerprint density at radius 1 is 1.07 bits per heavy atom. The zero-order valence-electron chi connectivity index (χ0n) is 16.7. The molecule has 0 aliphatic carbocycles. The molecule has 4 rings (SSSR count). The average Bonchev–Trinajstić information content (AvgIpc) is 3.03. The largest absolute Gasteiger partial charge is 0.484 e. The van der Waals surface area contributed by atoms with Crippen molar-refractivity contribution in [3.8, 4) is 5.75 Å². The molecule has 1 N–H and O–H groups in total. The quantitative estimate of drug-likeness (QED) is 0.705. The summed E-state index contributed by atoms with van der Waals surface area (Å²) in [5.41, 5.74) is 5.11. The van der Waals surface area contributed by atoms with Crippen LogP contribution < -0.4 is 4.74 Å². The molecule has 1 amide bonds. The first kappa shape index (κ1) is 18.6. The van der Waals surface area contributed by atoms with Crippen LogP contribution in [0.5, 0.6) is 5.75 Å². The third kappa shape index (κ3) is 4.06. The van der Waals surface area contributed by atoms with E-state index in [1.54, 1.807) is 0 Å². The Balaban J connectivity index is 1.30. The Kier molecular flexibility index (Phi) is 5.38. The van der Waals surface area contributed by atoms with Gasteiger partial charge in [-0.3, -0.25) is 4.79 Å². The number of aromatic amines is 1. The number of hydrogen-bond acceptors (Lipinski definition) is 2. The molecule has 2 heterocycles. The van der Waals surface area contributed by atoms with E-state index in [1.165, 1.54) is 27.7 Å². The lowest BCUT2D eigenvalue weighted by Crippen LogP contribution is -2.41. The molecule has 28 heavy (non-hydrogen) atoms. The van der Waals surface area contributed by atoms with Gasteiger partial charge in [-0.25, -0.2) is 0 Å². The highest BCUT2D eigenvalue weighted by molar-refractivity contribution is 5.84. The van der Waals surface area contributed by atoms with Gasteiger partial charge in [0.1, 0.15) is 5.75 Å². The number of H-pyrrole nitrogens is 1. The SMILES string of the molecule is Cc1ccc(OCC(=O)N2CCC(Cc3c(C)[nH]c4ccccc34)CC2)cc1. The highest BCUT2D eigenvalue weighted by Gasteiger charge is 2.24. The Morgan fingerprint density at radius 2 is 1.79 bits per heavy atom. The second-order valence-electron chi connectivity index (χ2n) is 7.90. The van der Waals surface area contributed by atoms with Gasteiger partial charge < -0.3 is 14.6 Å². The van der Waals surface area contributed by atoms with Crippen molar-refractivity contribution in [1.29, 1.82) is 0 Å². The van der Waals surface area contributed by atoms with Crippen molar-refractivity contribution in [3.05, 3.63) is 65.4 Å². The second-order valence-corrected chi connectivity index (χ2v) is 7.90. The Labute approximate surface area is 166 Å². The van der Waals surface area contributed by atoms with Gasteiger partial charge in [0.05, 0.1) is 0 Å². The third-order valence-corrected chi connectivity index (χ3v) is 5.87. The van der Waals surface area contributed by atoms with Crippen molar-refractivity contribution in [2.75, 3.05) is 19.7 Å². The minimum Gasteiger partial charge on any atom is -0.484 e. The van der Waals surface area contributed by atoms with Crippen LogP contribution in [0.1, 0.15) is 29.7 Å². The van der Waals surface area contributed by atoms with Crippen LogP contribution in [0.2, 0.25) is 0 Å². The maximum Gasteiger partial charge on any atom is 0.260 e. The zero-order chi connectivity index (χ0) is 19.5. The molecule has 0 radical (unpaired) electrons. The van der Waals surface area contributed by atoms with Gasteiger partial charge in [0.25, 0.3) is 5.91 Å². The van der Waals surface area contributed by atoms with Crippen molar-refractivity contribution >= 4 is 16.8 Å². The predicted octanol–water partition coefficient (Wildman–Crippen LogP) is 4.64. The fraction of sp³-hybridized carbons (Fsp3) is 0.375. The molecule has 146 valence electrons. The van der Waals surface area contributed by atoms with Crippen LogP contribution in [0, 0.1) is 19.8 Å². The molecule has 1 fully saturated rings. The summed E-state index contributed by atoms with van der Waals surface area (Å²) in [6.07, 6.45) is 3.18. The molecule has 0 saturated carbocycles. The maximum absolute atomic E-state index is 12.5. The predicted molar refractivity (Wildman–Crippen MR) is 113 cm³/mol. The van der Waals surface area contributed by atoms with Gasteiger partial charge in [-0.05, 0) is 62.8 Å². The van der Waals surface area contributed by atoms with E-state index in [-0.39, 0.29) is 12.5 Å². The molecule has 1 aromatic heterocycles. The van der Waals surface area contributed by atoms with E-state index in [1.807, 2.05) is 36.1 Å². The van der Waals surface area contributed by atoms with E-state index >= 15 is 0 Å². The number of likely N-dealkylation sites (tertiary alicyclic amines) is 1. The number of rotatable bonds is 5. The van der Waals surface area contributed by atoms with Gasteiger partial charge in [0.15, 0.2) is 6.61 Å². The van der Waals surface area contributed by atoms with Gasteiger partial charge in [-0.2, -0.15) is 0 Å². The molecule has 2 aromatic carbocycles. The van der Waals surface area contributed by atoms with Crippen LogP contribution in [0.4, 0.5) is 0 Å². The van der Waals surface area contributed by atoms with Crippen molar-refractivity contribution < 1.29 is 9.53 Å². The lowest BCUT2D eigenvalue weighted by molar-refractivity contribution is -0.134. The highest BCUT2D eigenvalue weighted by atomic mass is 16.5. The number of carbonyl (C=O) groups is 1. The molecule has 1 aliphatic heterocycles. The lowest BCUT2D eigenvalue weighted by Gasteiger charge is -2.32. The van der Waals surface area contributed by atoms with Crippen molar-refractivity contribution in [2.24, 2.45) is 5.92 Å². The number of aromatic nitrogens is 1. The summed E-state index contributed by atoms with van der Waals surface area (Å²) in [5, 5.41) is 1.34. The van der Waals surface area contributed by atoms with Gasteiger partial charge in [0, 0.05) is 29.7 Å². The van der Waals surface area contributed by atoms with Gasteiger partial charge >= 0.3 is 0 Å². The van der Waals surface area contributed by atoms with E-state index in [0.29, 0.717) is 5.92 Å². The molecule has 0 spiro atoms. The number of benzene rings is 2. The smallest absolute Gasteiger partial charge is 0.260 e. The average molecular weight is 377 g/mol. The van der Waals surface area contributed by atoms with Crippen molar-refractivity contribution in [1.82, 2.24) is 9.88 Å². The number of piperidine rings is 1. The number of nitrogens with zero attached hydrogens (tertiary/aromatic N) is 1. The molecule has 1 saturated heterocycles. The van der Waals surface area contributed by atoms with Crippen molar-refractivity contribution in [3.63, 3.8) is 0 Å². The first-order valence-electron chi connectivity index (χ1n) is 10.1. The normalized spacial score (nSPS) is 15.1. The molecular weight excluding hydrogens is 348 g/mol. The number of fused-ring (bicyclic) bond motifs is 1. The maximum atomic E-state index is 12.5. The Bertz CT molecular complexity index is 950. The zero-order valence-corrected chi connectivity index (χ0v) is 16.7. The van der Waals surface area contributed by atoms with Gasteiger partial charge in [-0.1, -0.05) is 35.9 Å². The summed E-state index contributed by atoms with van der Waals surface area (Å²) in [6, 6.07) is 16.3. The third-order valence-electron chi connectivity index (χ3n) is 5.87. The summed E-state index contributed by atoms with van der Waals surface area (Å²) >= 11 is 0. The Hall–Kier alpha value is -2.75. The first-order valence-corrected chi connectivity index (χ1v) is 10.1. The van der Waals surface area contributed by atoms with Crippen LogP contribution >= 0.6 is 0 Å². The van der Waals surface area contributed by atoms with Crippen LogP contribution in [0.3, 0.4) is 0 Å². The standard InChI is InChI=1S/C24H28N2O2/c1-17-7-9-20(10-8-17)28-16-24(27)26-13-11-19(12-14-26)15-22-18(2)25-23-6-4-3-5-21(22)23/h3-10,19,25H,11-16H2,1-2H3. The first-order chi connectivity index (χ1) is 13.6. The number of ether oxygens (including phenoxy) is 1. The summed E-state index contributed by atoms with van der Waals surface area (Å²) in [6.45, 7) is 5.97. The minimum absolute atomic E-state index is 0.0855. The van der Waals surface area contributed by atoms with Crippen LogP contribution in [0.15, 0.2) is 48.5 Å². The fourth-order valence-electron chi connectivity index (χ4n) is 4.14. The van der Waals surface area contributed by atoms with Crippen LogP contribution in [0.25, 0.3) is 10.9 Å². The summed E-state index contributed by atoms with van der Waals surface area (Å²) in [4.78, 5) is 17.9. The number of hydrogen-bond donors (Lipinski definition) is 1. The Morgan fingerprint density at radius 3 is 2.54 bits per heavy atom. The number of nitrogens with one attached hydrogen (secondary N) is 1. The van der Waals surface area contributed by atoms with E-state index in [0.717, 1.165) is 38.1 Å². The molecule has 3 aromatic rings. The number of carbonyl (C=O) groups excluding carboxylic acids is 1.